The summed E-state index contributed by atoms with van der Waals surface area (Å²) in [5.74, 6) is 0.598. The standard InChI is InChI=1S/C16H17ClN4O3.ClH/c17-10-3-4-11-12(9-10)23-15(22)21(11)8-5-13-19-14(20-24-13)16(18)6-1-2-7-16;/h3-4,9H,1-2,5-8,18H2;1H. The zero-order chi connectivity index (χ0) is 16.7. The van der Waals surface area contributed by atoms with Gasteiger partial charge in [0.05, 0.1) is 11.1 Å². The van der Waals surface area contributed by atoms with Crippen molar-refractivity contribution in [3.63, 3.8) is 0 Å². The van der Waals surface area contributed by atoms with Crippen molar-refractivity contribution in [1.29, 1.82) is 0 Å². The minimum absolute atomic E-state index is 0. The molecule has 0 saturated heterocycles. The van der Waals surface area contributed by atoms with Gasteiger partial charge in [-0.25, -0.2) is 4.79 Å². The molecule has 1 aromatic carbocycles. The molecule has 2 aromatic heterocycles. The summed E-state index contributed by atoms with van der Waals surface area (Å²) in [6.07, 6.45) is 4.34. The van der Waals surface area contributed by atoms with Crippen molar-refractivity contribution in [2.45, 2.75) is 44.2 Å². The van der Waals surface area contributed by atoms with Crippen LogP contribution in [0.2, 0.25) is 5.02 Å². The van der Waals surface area contributed by atoms with E-state index in [4.69, 9.17) is 26.3 Å². The quantitative estimate of drug-likeness (QED) is 0.741. The lowest BCUT2D eigenvalue weighted by atomic mass is 9.99. The summed E-state index contributed by atoms with van der Waals surface area (Å²) in [6.45, 7) is 0.382. The van der Waals surface area contributed by atoms with E-state index < -0.39 is 11.3 Å². The Balaban J connectivity index is 0.00000182. The number of nitrogens with zero attached hydrogens (tertiary/aromatic N) is 3. The molecule has 4 rings (SSSR count). The average Bonchev–Trinajstić information content (AvgIpc) is 3.24. The lowest BCUT2D eigenvalue weighted by molar-refractivity contribution is 0.344. The Morgan fingerprint density at radius 3 is 2.84 bits per heavy atom. The normalized spacial score (nSPS) is 16.2. The Kier molecular flexibility index (Phi) is 4.90. The van der Waals surface area contributed by atoms with Crippen LogP contribution in [0.1, 0.15) is 37.4 Å². The summed E-state index contributed by atoms with van der Waals surface area (Å²) in [4.78, 5) is 16.4. The Labute approximate surface area is 154 Å². The topological polar surface area (TPSA) is 100 Å². The maximum Gasteiger partial charge on any atom is 0.419 e. The van der Waals surface area contributed by atoms with E-state index in [2.05, 4.69) is 10.1 Å². The molecule has 3 aromatic rings. The van der Waals surface area contributed by atoms with Crippen molar-refractivity contribution in [2.24, 2.45) is 5.73 Å². The van der Waals surface area contributed by atoms with Crippen molar-refractivity contribution in [3.05, 3.63) is 45.5 Å². The molecule has 0 amide bonds. The number of aryl methyl sites for hydroxylation is 2. The van der Waals surface area contributed by atoms with Crippen LogP contribution >= 0.6 is 24.0 Å². The number of nitrogens with two attached hydrogens (primary N) is 1. The molecular formula is C16H18Cl2N4O3. The molecule has 2 heterocycles. The molecule has 0 spiro atoms. The second-order valence-corrected chi connectivity index (χ2v) is 6.69. The van der Waals surface area contributed by atoms with E-state index in [1.165, 1.54) is 4.57 Å². The van der Waals surface area contributed by atoms with Crippen LogP contribution < -0.4 is 11.5 Å². The molecule has 1 fully saturated rings. The number of hydrogen-bond acceptors (Lipinski definition) is 6. The highest BCUT2D eigenvalue weighted by molar-refractivity contribution is 6.31. The van der Waals surface area contributed by atoms with E-state index in [0.29, 0.717) is 40.8 Å². The van der Waals surface area contributed by atoms with Crippen molar-refractivity contribution in [3.8, 4) is 0 Å². The SMILES string of the molecule is Cl.NC1(c2noc(CCn3c(=O)oc4cc(Cl)ccc43)n2)CCCC1. The fourth-order valence-corrected chi connectivity index (χ4v) is 3.41. The Morgan fingerprint density at radius 1 is 1.32 bits per heavy atom. The second kappa shape index (κ2) is 6.82. The largest absolute Gasteiger partial charge is 0.419 e. The monoisotopic (exact) mass is 384 g/mol. The predicted molar refractivity (Wildman–Crippen MR) is 95.1 cm³/mol. The highest BCUT2D eigenvalue weighted by atomic mass is 35.5. The van der Waals surface area contributed by atoms with Gasteiger partial charge in [0.25, 0.3) is 0 Å². The van der Waals surface area contributed by atoms with Crippen LogP contribution in [-0.2, 0) is 18.5 Å². The van der Waals surface area contributed by atoms with Crippen molar-refractivity contribution >= 4 is 35.1 Å². The lowest BCUT2D eigenvalue weighted by Gasteiger charge is -2.17. The Hall–Kier alpha value is -1.83. The molecule has 0 atom stereocenters. The molecule has 0 bridgehead atoms. The second-order valence-electron chi connectivity index (χ2n) is 6.26. The first-order chi connectivity index (χ1) is 11.5. The number of benzene rings is 1. The van der Waals surface area contributed by atoms with E-state index in [-0.39, 0.29) is 12.4 Å². The van der Waals surface area contributed by atoms with Crippen LogP contribution in [0.3, 0.4) is 0 Å². The van der Waals surface area contributed by atoms with Crippen LogP contribution in [-0.4, -0.2) is 14.7 Å². The van der Waals surface area contributed by atoms with Gasteiger partial charge in [0.1, 0.15) is 0 Å². The van der Waals surface area contributed by atoms with E-state index in [0.717, 1.165) is 25.7 Å². The van der Waals surface area contributed by atoms with Crippen LogP contribution in [0.15, 0.2) is 31.9 Å². The highest BCUT2D eigenvalue weighted by Gasteiger charge is 2.35. The van der Waals surface area contributed by atoms with Gasteiger partial charge < -0.3 is 14.7 Å². The molecule has 1 saturated carbocycles. The molecule has 9 heteroatoms. The molecule has 0 radical (unpaired) electrons. The van der Waals surface area contributed by atoms with Crippen molar-refractivity contribution < 1.29 is 8.94 Å². The third-order valence-electron chi connectivity index (χ3n) is 4.59. The first-order valence-corrected chi connectivity index (χ1v) is 8.34. The van der Waals surface area contributed by atoms with Crippen LogP contribution in [0.5, 0.6) is 0 Å². The van der Waals surface area contributed by atoms with Crippen LogP contribution in [0.25, 0.3) is 11.1 Å². The molecule has 2 N–H and O–H groups in total. The van der Waals surface area contributed by atoms with E-state index >= 15 is 0 Å². The fraction of sp³-hybridized carbons (Fsp3) is 0.438. The number of halogens is 2. The van der Waals surface area contributed by atoms with Gasteiger partial charge in [-0.05, 0) is 25.0 Å². The van der Waals surface area contributed by atoms with E-state index in [9.17, 15) is 4.79 Å². The Bertz CT molecular complexity index is 940. The number of rotatable bonds is 4. The van der Waals surface area contributed by atoms with Crippen molar-refractivity contribution in [1.82, 2.24) is 14.7 Å². The van der Waals surface area contributed by atoms with Gasteiger partial charge in [0.2, 0.25) is 5.89 Å². The van der Waals surface area contributed by atoms with E-state index in [1.54, 1.807) is 18.2 Å². The maximum atomic E-state index is 12.0. The van der Waals surface area contributed by atoms with Gasteiger partial charge in [-0.1, -0.05) is 29.6 Å². The van der Waals surface area contributed by atoms with Gasteiger partial charge in [-0.3, -0.25) is 4.57 Å². The van der Waals surface area contributed by atoms with Crippen LogP contribution in [0.4, 0.5) is 0 Å². The van der Waals surface area contributed by atoms with Crippen molar-refractivity contribution in [2.75, 3.05) is 0 Å². The maximum absolute atomic E-state index is 12.0. The molecule has 134 valence electrons. The summed E-state index contributed by atoms with van der Waals surface area (Å²) in [5.41, 5.74) is 7.01. The third-order valence-corrected chi connectivity index (χ3v) is 4.82. The molecule has 0 unspecified atom stereocenters. The molecule has 1 aliphatic rings. The predicted octanol–water partition coefficient (Wildman–Crippen LogP) is 3.02. The van der Waals surface area contributed by atoms with Gasteiger partial charge in [-0.2, -0.15) is 4.98 Å². The van der Waals surface area contributed by atoms with E-state index in [1.807, 2.05) is 0 Å². The fourth-order valence-electron chi connectivity index (χ4n) is 3.25. The molecule has 1 aliphatic carbocycles. The first-order valence-electron chi connectivity index (χ1n) is 7.96. The zero-order valence-corrected chi connectivity index (χ0v) is 15.0. The number of aromatic nitrogens is 3. The summed E-state index contributed by atoms with van der Waals surface area (Å²) in [7, 11) is 0. The van der Waals surface area contributed by atoms with Gasteiger partial charge in [0.15, 0.2) is 11.4 Å². The molecule has 7 nitrogen and oxygen atoms in total. The molecule has 0 aliphatic heterocycles. The van der Waals surface area contributed by atoms with Gasteiger partial charge in [0, 0.05) is 24.1 Å². The van der Waals surface area contributed by atoms with Crippen LogP contribution in [0, 0.1) is 0 Å². The molecular weight excluding hydrogens is 367 g/mol. The molecule has 25 heavy (non-hydrogen) atoms. The minimum Gasteiger partial charge on any atom is -0.408 e. The lowest BCUT2D eigenvalue weighted by Crippen LogP contribution is -2.34. The number of hydrogen-bond donors (Lipinski definition) is 1. The van der Waals surface area contributed by atoms with Gasteiger partial charge >= 0.3 is 5.76 Å². The first kappa shape index (κ1) is 18.0. The summed E-state index contributed by atoms with van der Waals surface area (Å²) < 4.78 is 12.0. The Morgan fingerprint density at radius 2 is 2.08 bits per heavy atom. The minimum atomic E-state index is -0.475. The number of oxazole rings is 1. The average molecular weight is 385 g/mol. The summed E-state index contributed by atoms with van der Waals surface area (Å²) in [5, 5.41) is 4.55. The smallest absolute Gasteiger partial charge is 0.408 e. The zero-order valence-electron chi connectivity index (χ0n) is 13.4. The number of fused-ring (bicyclic) bond motifs is 1. The highest BCUT2D eigenvalue weighted by Crippen LogP contribution is 2.34. The summed E-state index contributed by atoms with van der Waals surface area (Å²) in [6, 6.07) is 5.10. The summed E-state index contributed by atoms with van der Waals surface area (Å²) >= 11 is 5.91. The third kappa shape index (κ3) is 3.31. The van der Waals surface area contributed by atoms with Gasteiger partial charge in [-0.15, -0.1) is 12.4 Å².